The summed E-state index contributed by atoms with van der Waals surface area (Å²) in [6.07, 6.45) is 7.57. The van der Waals surface area contributed by atoms with Gasteiger partial charge < -0.3 is 10.6 Å². The number of hydrogen-bond donors (Lipinski definition) is 2. The third-order valence-corrected chi connectivity index (χ3v) is 4.62. The largest absolute Gasteiger partial charge is 0.353 e. The Hall–Kier alpha value is -2.30. The molecule has 5 nitrogen and oxygen atoms in total. The van der Waals surface area contributed by atoms with Gasteiger partial charge in [-0.2, -0.15) is 5.10 Å². The maximum absolute atomic E-state index is 4.38. The normalized spacial score (nSPS) is 21.4. The van der Waals surface area contributed by atoms with Gasteiger partial charge in [-0.3, -0.25) is 4.99 Å². The Morgan fingerprint density at radius 2 is 2.29 bits per heavy atom. The van der Waals surface area contributed by atoms with Gasteiger partial charge in [-0.1, -0.05) is 25.5 Å². The molecule has 1 aliphatic rings. The average Bonchev–Trinajstić information content (AvgIpc) is 3.11. The van der Waals surface area contributed by atoms with E-state index in [1.807, 2.05) is 24.0 Å². The number of guanidine groups is 1. The van der Waals surface area contributed by atoms with Crippen LogP contribution in [-0.4, -0.2) is 28.8 Å². The number of hydrogen-bond acceptors (Lipinski definition) is 2. The van der Waals surface area contributed by atoms with Crippen molar-refractivity contribution in [2.75, 3.05) is 7.05 Å². The lowest BCUT2D eigenvalue weighted by atomic mass is 10.1. The van der Waals surface area contributed by atoms with Gasteiger partial charge in [0.1, 0.15) is 0 Å². The first-order chi connectivity index (χ1) is 11.7. The van der Waals surface area contributed by atoms with Crippen LogP contribution in [0.2, 0.25) is 0 Å². The van der Waals surface area contributed by atoms with E-state index in [1.54, 1.807) is 6.20 Å². The fraction of sp³-hybridized carbons (Fsp3) is 0.474. The van der Waals surface area contributed by atoms with Crippen molar-refractivity contribution in [3.05, 3.63) is 48.3 Å². The molecule has 0 amide bonds. The monoisotopic (exact) mass is 325 g/mol. The molecule has 3 unspecified atom stereocenters. The molecule has 2 aromatic rings. The van der Waals surface area contributed by atoms with E-state index in [9.17, 15) is 0 Å². The van der Waals surface area contributed by atoms with E-state index in [4.69, 9.17) is 0 Å². The summed E-state index contributed by atoms with van der Waals surface area (Å²) in [5.41, 5.74) is 2.28. The first kappa shape index (κ1) is 16.6. The van der Waals surface area contributed by atoms with Crippen LogP contribution in [0.5, 0.6) is 0 Å². The molecule has 0 spiro atoms. The second-order valence-electron chi connectivity index (χ2n) is 6.52. The Labute approximate surface area is 144 Å². The third kappa shape index (κ3) is 3.96. The first-order valence-electron chi connectivity index (χ1n) is 8.81. The standard InChI is InChI=1S/C19H27N5/c1-4-7-16-13-18(16)23-19(20-3)22-14(2)15-8-5-9-17(12-15)24-11-6-10-21-24/h5-6,8-12,14,16,18H,4,7,13H2,1-3H3,(H2,20,22,23). The van der Waals surface area contributed by atoms with Gasteiger partial charge in [0, 0.05) is 25.5 Å². The molecule has 1 aromatic heterocycles. The fourth-order valence-electron chi connectivity index (χ4n) is 3.11. The number of nitrogens with one attached hydrogen (secondary N) is 2. The predicted octanol–water partition coefficient (Wildman–Crippen LogP) is 3.29. The van der Waals surface area contributed by atoms with Gasteiger partial charge in [-0.25, -0.2) is 4.68 Å². The molecule has 0 bridgehead atoms. The number of aliphatic imine (C=N–C) groups is 1. The highest BCUT2D eigenvalue weighted by molar-refractivity contribution is 5.80. The molecule has 5 heteroatoms. The zero-order valence-corrected chi connectivity index (χ0v) is 14.7. The topological polar surface area (TPSA) is 54.2 Å². The highest BCUT2D eigenvalue weighted by Crippen LogP contribution is 2.34. The van der Waals surface area contributed by atoms with Gasteiger partial charge in [0.25, 0.3) is 0 Å². The van der Waals surface area contributed by atoms with Crippen molar-refractivity contribution < 1.29 is 0 Å². The van der Waals surface area contributed by atoms with E-state index in [1.165, 1.54) is 24.8 Å². The van der Waals surface area contributed by atoms with Crippen LogP contribution in [0, 0.1) is 5.92 Å². The van der Waals surface area contributed by atoms with Crippen LogP contribution in [0.15, 0.2) is 47.7 Å². The van der Waals surface area contributed by atoms with Crippen LogP contribution < -0.4 is 10.6 Å². The summed E-state index contributed by atoms with van der Waals surface area (Å²) in [5.74, 6) is 1.70. The van der Waals surface area contributed by atoms with E-state index < -0.39 is 0 Å². The van der Waals surface area contributed by atoms with Crippen LogP contribution in [0.4, 0.5) is 0 Å². The van der Waals surface area contributed by atoms with E-state index in [0.717, 1.165) is 17.6 Å². The van der Waals surface area contributed by atoms with E-state index in [0.29, 0.717) is 6.04 Å². The Morgan fingerprint density at radius 3 is 3.00 bits per heavy atom. The molecule has 1 fully saturated rings. The minimum Gasteiger partial charge on any atom is -0.353 e. The summed E-state index contributed by atoms with van der Waals surface area (Å²) >= 11 is 0. The van der Waals surface area contributed by atoms with Crippen molar-refractivity contribution in [3.8, 4) is 5.69 Å². The van der Waals surface area contributed by atoms with Crippen molar-refractivity contribution in [2.45, 2.75) is 45.2 Å². The van der Waals surface area contributed by atoms with Gasteiger partial charge in [0.15, 0.2) is 5.96 Å². The molecule has 24 heavy (non-hydrogen) atoms. The van der Waals surface area contributed by atoms with Gasteiger partial charge in [-0.05, 0) is 49.4 Å². The summed E-state index contributed by atoms with van der Waals surface area (Å²) in [5, 5.41) is 11.3. The summed E-state index contributed by atoms with van der Waals surface area (Å²) in [6.45, 7) is 4.41. The lowest BCUT2D eigenvalue weighted by Crippen LogP contribution is -2.40. The Balaban J connectivity index is 1.62. The second-order valence-corrected chi connectivity index (χ2v) is 6.52. The number of benzene rings is 1. The molecular formula is C19H27N5. The number of aromatic nitrogens is 2. The first-order valence-corrected chi connectivity index (χ1v) is 8.81. The van der Waals surface area contributed by atoms with Crippen LogP contribution in [-0.2, 0) is 0 Å². The van der Waals surface area contributed by atoms with Crippen molar-refractivity contribution >= 4 is 5.96 Å². The molecule has 128 valence electrons. The van der Waals surface area contributed by atoms with Crippen molar-refractivity contribution in [2.24, 2.45) is 10.9 Å². The maximum Gasteiger partial charge on any atom is 0.191 e. The highest BCUT2D eigenvalue weighted by Gasteiger charge is 2.36. The summed E-state index contributed by atoms with van der Waals surface area (Å²) < 4.78 is 1.88. The van der Waals surface area contributed by atoms with Gasteiger partial charge in [-0.15, -0.1) is 0 Å². The summed E-state index contributed by atoms with van der Waals surface area (Å²) in [4.78, 5) is 4.38. The van der Waals surface area contributed by atoms with E-state index >= 15 is 0 Å². The van der Waals surface area contributed by atoms with Crippen molar-refractivity contribution in [1.29, 1.82) is 0 Å². The molecule has 3 atom stereocenters. The molecule has 2 N–H and O–H groups in total. The van der Waals surface area contributed by atoms with Crippen molar-refractivity contribution in [1.82, 2.24) is 20.4 Å². The smallest absolute Gasteiger partial charge is 0.191 e. The Kier molecular flexibility index (Phi) is 5.18. The summed E-state index contributed by atoms with van der Waals surface area (Å²) in [6, 6.07) is 11.1. The average molecular weight is 325 g/mol. The van der Waals surface area contributed by atoms with Gasteiger partial charge in [0.05, 0.1) is 11.7 Å². The molecule has 1 heterocycles. The minimum absolute atomic E-state index is 0.176. The molecule has 1 saturated carbocycles. The van der Waals surface area contributed by atoms with E-state index in [2.05, 4.69) is 58.8 Å². The Bertz CT molecular complexity index is 677. The fourth-order valence-corrected chi connectivity index (χ4v) is 3.11. The lowest BCUT2D eigenvalue weighted by Gasteiger charge is -2.19. The maximum atomic E-state index is 4.38. The molecule has 0 saturated heterocycles. The van der Waals surface area contributed by atoms with E-state index in [-0.39, 0.29) is 6.04 Å². The van der Waals surface area contributed by atoms with Gasteiger partial charge in [0.2, 0.25) is 0 Å². The molecule has 3 rings (SSSR count). The number of rotatable bonds is 6. The lowest BCUT2D eigenvalue weighted by molar-refractivity contribution is 0.639. The predicted molar refractivity (Wildman–Crippen MR) is 98.4 cm³/mol. The van der Waals surface area contributed by atoms with Crippen LogP contribution in [0.25, 0.3) is 5.69 Å². The third-order valence-electron chi connectivity index (χ3n) is 4.62. The molecule has 0 radical (unpaired) electrons. The van der Waals surface area contributed by atoms with Crippen LogP contribution >= 0.6 is 0 Å². The van der Waals surface area contributed by atoms with Crippen LogP contribution in [0.1, 0.15) is 44.7 Å². The molecular weight excluding hydrogens is 298 g/mol. The molecule has 0 aliphatic heterocycles. The molecule has 1 aromatic carbocycles. The molecule has 1 aliphatic carbocycles. The van der Waals surface area contributed by atoms with Crippen LogP contribution in [0.3, 0.4) is 0 Å². The minimum atomic E-state index is 0.176. The number of nitrogens with zero attached hydrogens (tertiary/aromatic N) is 3. The second kappa shape index (κ2) is 7.51. The quantitative estimate of drug-likeness (QED) is 0.633. The zero-order valence-electron chi connectivity index (χ0n) is 14.7. The zero-order chi connectivity index (χ0) is 16.9. The Morgan fingerprint density at radius 1 is 1.42 bits per heavy atom. The van der Waals surface area contributed by atoms with Gasteiger partial charge >= 0.3 is 0 Å². The summed E-state index contributed by atoms with van der Waals surface area (Å²) in [7, 11) is 1.83. The highest BCUT2D eigenvalue weighted by atomic mass is 15.3. The van der Waals surface area contributed by atoms with Crippen molar-refractivity contribution in [3.63, 3.8) is 0 Å². The SMILES string of the molecule is CCCC1CC1NC(=NC)NC(C)c1cccc(-n2cccn2)c1.